The minimum atomic E-state index is -4.17. The number of hydrogen-bond acceptors (Lipinski definition) is 7. The standard InChI is InChI=1S/C30H24N2O6S/c1-20-12-8-10-18-24(20)31-29(33)26-27(32(37-28(26)30(31)34)21-13-4-2-5-14-21)23-17-9-11-19-25(23)38-39(35,36)22-15-6-3-7-16-22/h2-19,26-28H,1H3/t26-,27+,28-/m1/s1. The van der Waals surface area contributed by atoms with Gasteiger partial charge in [-0.05, 0) is 48.9 Å². The molecule has 8 nitrogen and oxygen atoms in total. The molecule has 0 aliphatic carbocycles. The smallest absolute Gasteiger partial charge is 0.339 e. The molecule has 2 fully saturated rings. The van der Waals surface area contributed by atoms with Crippen LogP contribution in [0.1, 0.15) is 17.2 Å². The number of hydroxylamine groups is 1. The number of fused-ring (bicyclic) bond motifs is 1. The Labute approximate surface area is 226 Å². The number of imide groups is 1. The first-order valence-electron chi connectivity index (χ1n) is 12.4. The van der Waals surface area contributed by atoms with Gasteiger partial charge in [0.2, 0.25) is 5.91 Å². The number of anilines is 2. The molecule has 4 aromatic rings. The van der Waals surface area contributed by atoms with Gasteiger partial charge in [-0.1, -0.05) is 72.8 Å². The van der Waals surface area contributed by atoms with E-state index in [2.05, 4.69) is 0 Å². The predicted molar refractivity (Wildman–Crippen MR) is 144 cm³/mol. The average molecular weight is 541 g/mol. The van der Waals surface area contributed by atoms with Crippen LogP contribution >= 0.6 is 0 Å². The molecule has 2 heterocycles. The number of para-hydroxylation sites is 3. The van der Waals surface area contributed by atoms with Gasteiger partial charge >= 0.3 is 10.1 Å². The van der Waals surface area contributed by atoms with Crippen molar-refractivity contribution in [2.45, 2.75) is 24.0 Å². The summed E-state index contributed by atoms with van der Waals surface area (Å²) in [4.78, 5) is 35.0. The molecule has 0 N–H and O–H groups in total. The second kappa shape index (κ2) is 9.68. The largest absolute Gasteiger partial charge is 0.379 e. The van der Waals surface area contributed by atoms with Crippen molar-refractivity contribution in [3.63, 3.8) is 0 Å². The van der Waals surface area contributed by atoms with Gasteiger partial charge in [-0.15, -0.1) is 0 Å². The van der Waals surface area contributed by atoms with Crippen LogP contribution in [0.4, 0.5) is 11.4 Å². The molecule has 0 saturated carbocycles. The topological polar surface area (TPSA) is 93.2 Å². The summed E-state index contributed by atoms with van der Waals surface area (Å²) >= 11 is 0. The van der Waals surface area contributed by atoms with E-state index in [4.69, 9.17) is 9.02 Å². The van der Waals surface area contributed by atoms with E-state index in [9.17, 15) is 18.0 Å². The fourth-order valence-corrected chi connectivity index (χ4v) is 6.11. The highest BCUT2D eigenvalue weighted by Crippen LogP contribution is 2.50. The lowest BCUT2D eigenvalue weighted by molar-refractivity contribution is -0.126. The molecule has 0 spiro atoms. The van der Waals surface area contributed by atoms with Crippen LogP contribution < -0.4 is 14.1 Å². The molecular formula is C30H24N2O6S. The minimum absolute atomic E-state index is 0.00174. The van der Waals surface area contributed by atoms with E-state index in [1.54, 1.807) is 60.7 Å². The Balaban J connectivity index is 1.46. The van der Waals surface area contributed by atoms with Crippen molar-refractivity contribution >= 4 is 33.3 Å². The van der Waals surface area contributed by atoms with E-state index in [1.165, 1.54) is 28.2 Å². The summed E-state index contributed by atoms with van der Waals surface area (Å²) in [7, 11) is -4.17. The van der Waals surface area contributed by atoms with Gasteiger partial charge in [-0.3, -0.25) is 14.4 Å². The van der Waals surface area contributed by atoms with Crippen LogP contribution in [0.2, 0.25) is 0 Å². The number of hydrogen-bond donors (Lipinski definition) is 0. The first kappa shape index (κ1) is 24.8. The summed E-state index contributed by atoms with van der Waals surface area (Å²) in [5.41, 5.74) is 2.28. The Morgan fingerprint density at radius 2 is 1.36 bits per heavy atom. The molecule has 0 unspecified atom stereocenters. The maximum atomic E-state index is 14.0. The van der Waals surface area contributed by atoms with E-state index in [1.807, 2.05) is 37.3 Å². The number of benzene rings is 4. The quantitative estimate of drug-likeness (QED) is 0.256. The zero-order valence-corrected chi connectivity index (χ0v) is 21.7. The van der Waals surface area contributed by atoms with Crippen molar-refractivity contribution in [3.8, 4) is 5.75 Å². The van der Waals surface area contributed by atoms with Crippen molar-refractivity contribution < 1.29 is 27.0 Å². The SMILES string of the molecule is Cc1ccccc1N1C(=O)[C@H]2[C@@H](ON(c3ccccc3)[C@H]2c2ccccc2OS(=O)(=O)c2ccccc2)C1=O. The normalized spacial score (nSPS) is 20.8. The van der Waals surface area contributed by atoms with E-state index < -0.39 is 40.0 Å². The third kappa shape index (κ3) is 4.25. The van der Waals surface area contributed by atoms with E-state index in [0.29, 0.717) is 16.9 Å². The predicted octanol–water partition coefficient (Wildman–Crippen LogP) is 4.81. The number of aryl methyl sites for hydroxylation is 1. The number of nitrogens with zero attached hydrogens (tertiary/aromatic N) is 2. The summed E-state index contributed by atoms with van der Waals surface area (Å²) in [6, 6.07) is 29.8. The first-order valence-corrected chi connectivity index (χ1v) is 13.8. The lowest BCUT2D eigenvalue weighted by Crippen LogP contribution is -2.37. The molecule has 2 amide bonds. The lowest BCUT2D eigenvalue weighted by Gasteiger charge is -2.29. The highest BCUT2D eigenvalue weighted by atomic mass is 32.2. The third-order valence-electron chi connectivity index (χ3n) is 6.95. The van der Waals surface area contributed by atoms with E-state index >= 15 is 0 Å². The molecular weight excluding hydrogens is 516 g/mol. The molecule has 0 bridgehead atoms. The van der Waals surface area contributed by atoms with Crippen LogP contribution in [0.3, 0.4) is 0 Å². The van der Waals surface area contributed by atoms with Crippen LogP contribution in [0.15, 0.2) is 114 Å². The number of amides is 2. The molecule has 196 valence electrons. The van der Waals surface area contributed by atoms with Crippen LogP contribution in [0.5, 0.6) is 5.75 Å². The van der Waals surface area contributed by atoms with E-state index in [-0.39, 0.29) is 10.6 Å². The van der Waals surface area contributed by atoms with Gasteiger partial charge in [-0.2, -0.15) is 8.42 Å². The molecule has 39 heavy (non-hydrogen) atoms. The third-order valence-corrected chi connectivity index (χ3v) is 8.20. The second-order valence-corrected chi connectivity index (χ2v) is 10.9. The minimum Gasteiger partial charge on any atom is -0.379 e. The van der Waals surface area contributed by atoms with Crippen LogP contribution in [0.25, 0.3) is 0 Å². The van der Waals surface area contributed by atoms with Crippen molar-refractivity contribution in [2.24, 2.45) is 5.92 Å². The van der Waals surface area contributed by atoms with Gasteiger partial charge in [0.1, 0.15) is 16.6 Å². The first-order chi connectivity index (χ1) is 18.9. The summed E-state index contributed by atoms with van der Waals surface area (Å²) in [5.74, 6) is -1.80. The van der Waals surface area contributed by atoms with Gasteiger partial charge in [0.05, 0.1) is 17.4 Å². The molecule has 0 aromatic heterocycles. The molecule has 3 atom stereocenters. The van der Waals surface area contributed by atoms with Gasteiger partial charge in [0.25, 0.3) is 5.91 Å². The summed E-state index contributed by atoms with van der Waals surface area (Å²) < 4.78 is 31.9. The fraction of sp³-hybridized carbons (Fsp3) is 0.133. The van der Waals surface area contributed by atoms with Crippen LogP contribution in [-0.2, 0) is 24.5 Å². The van der Waals surface area contributed by atoms with Crippen molar-refractivity contribution in [2.75, 3.05) is 9.96 Å². The highest BCUT2D eigenvalue weighted by molar-refractivity contribution is 7.87. The number of carbonyl (C=O) groups is 2. The van der Waals surface area contributed by atoms with Crippen molar-refractivity contribution in [1.82, 2.24) is 0 Å². The highest BCUT2D eigenvalue weighted by Gasteiger charge is 2.61. The van der Waals surface area contributed by atoms with Crippen LogP contribution in [0, 0.1) is 12.8 Å². The maximum Gasteiger partial charge on any atom is 0.339 e. The monoisotopic (exact) mass is 540 g/mol. The Morgan fingerprint density at radius 1 is 0.744 bits per heavy atom. The number of carbonyl (C=O) groups excluding carboxylic acids is 2. The molecule has 2 aliphatic heterocycles. The summed E-state index contributed by atoms with van der Waals surface area (Å²) in [6.07, 6.45) is -1.10. The lowest BCUT2D eigenvalue weighted by atomic mass is 9.90. The maximum absolute atomic E-state index is 14.0. The van der Waals surface area contributed by atoms with Crippen LogP contribution in [-0.4, -0.2) is 26.3 Å². The van der Waals surface area contributed by atoms with Gasteiger partial charge < -0.3 is 4.18 Å². The Morgan fingerprint density at radius 3 is 2.08 bits per heavy atom. The molecule has 4 aromatic carbocycles. The Hall–Kier alpha value is -4.47. The Bertz CT molecular complexity index is 1660. The zero-order valence-electron chi connectivity index (χ0n) is 20.9. The number of rotatable bonds is 6. The average Bonchev–Trinajstić information content (AvgIpc) is 3.46. The molecule has 2 aliphatic rings. The molecule has 2 saturated heterocycles. The van der Waals surface area contributed by atoms with E-state index in [0.717, 1.165) is 5.56 Å². The Kier molecular flexibility index (Phi) is 6.17. The fourth-order valence-electron chi connectivity index (χ4n) is 5.14. The van der Waals surface area contributed by atoms with Crippen molar-refractivity contribution in [3.05, 3.63) is 120 Å². The van der Waals surface area contributed by atoms with Gasteiger partial charge in [0, 0.05) is 5.56 Å². The summed E-state index contributed by atoms with van der Waals surface area (Å²) in [5, 5.41) is 1.51. The molecule has 9 heteroatoms. The molecule has 0 radical (unpaired) electrons. The summed E-state index contributed by atoms with van der Waals surface area (Å²) in [6.45, 7) is 1.83. The van der Waals surface area contributed by atoms with Gasteiger partial charge in [-0.25, -0.2) is 9.96 Å². The van der Waals surface area contributed by atoms with Crippen molar-refractivity contribution in [1.29, 1.82) is 0 Å². The molecule has 6 rings (SSSR count). The zero-order chi connectivity index (χ0) is 27.1. The second-order valence-electron chi connectivity index (χ2n) is 9.34. The van der Waals surface area contributed by atoms with Gasteiger partial charge in [0.15, 0.2) is 6.10 Å².